The van der Waals surface area contributed by atoms with Gasteiger partial charge in [0.05, 0.1) is 18.2 Å². The zero-order chi connectivity index (χ0) is 27.9. The number of Topliss-reactive ketones (excluding diaryl/α,β-unsaturated/α-hetero) is 1. The minimum Gasteiger partial charge on any atom is -0.507 e. The van der Waals surface area contributed by atoms with E-state index in [1.54, 1.807) is 31.4 Å². The van der Waals surface area contributed by atoms with Gasteiger partial charge in [-0.05, 0) is 72.9 Å². The molecule has 7 heteroatoms. The maximum absolute atomic E-state index is 13.4. The van der Waals surface area contributed by atoms with Gasteiger partial charge in [0, 0.05) is 25.8 Å². The molecule has 0 bridgehead atoms. The first-order valence-corrected chi connectivity index (χ1v) is 13.1. The molecule has 0 aromatic heterocycles. The highest BCUT2D eigenvalue weighted by Gasteiger charge is 2.46. The number of carbonyl (C=O) groups is 2. The molecule has 1 saturated heterocycles. The second-order valence-corrected chi connectivity index (χ2v) is 10.0. The summed E-state index contributed by atoms with van der Waals surface area (Å²) in [6.45, 7) is 7.33. The minimum absolute atomic E-state index is 0.0459. The first kappa shape index (κ1) is 27.9. The number of rotatable bonds is 11. The van der Waals surface area contributed by atoms with Gasteiger partial charge in [0.2, 0.25) is 0 Å². The van der Waals surface area contributed by atoms with Gasteiger partial charge in [-0.2, -0.15) is 0 Å². The fourth-order valence-electron chi connectivity index (χ4n) is 4.58. The highest BCUT2D eigenvalue weighted by Crippen LogP contribution is 2.41. The number of para-hydroxylation sites is 1. The Morgan fingerprint density at radius 3 is 2.41 bits per heavy atom. The molecule has 39 heavy (non-hydrogen) atoms. The second-order valence-electron chi connectivity index (χ2n) is 10.0. The highest BCUT2D eigenvalue weighted by molar-refractivity contribution is 6.46. The topological polar surface area (TPSA) is 85.3 Å². The zero-order valence-corrected chi connectivity index (χ0v) is 22.8. The molecule has 0 unspecified atom stereocenters. The minimum atomic E-state index is -0.779. The van der Waals surface area contributed by atoms with Crippen LogP contribution in [0, 0.1) is 12.8 Å². The Morgan fingerprint density at radius 2 is 1.72 bits per heavy atom. The molecule has 1 atom stereocenters. The summed E-state index contributed by atoms with van der Waals surface area (Å²) >= 11 is 0. The summed E-state index contributed by atoms with van der Waals surface area (Å²) in [6.07, 6.45) is 0.543. The van der Waals surface area contributed by atoms with E-state index in [-0.39, 0.29) is 11.3 Å². The first-order chi connectivity index (χ1) is 18.8. The van der Waals surface area contributed by atoms with E-state index in [1.807, 2.05) is 55.5 Å². The van der Waals surface area contributed by atoms with Crippen LogP contribution in [0.5, 0.6) is 17.2 Å². The van der Waals surface area contributed by atoms with Gasteiger partial charge in [-0.1, -0.05) is 44.2 Å². The molecule has 1 aliphatic rings. The lowest BCUT2D eigenvalue weighted by Crippen LogP contribution is -2.31. The van der Waals surface area contributed by atoms with Crippen LogP contribution in [0.3, 0.4) is 0 Å². The summed E-state index contributed by atoms with van der Waals surface area (Å²) in [4.78, 5) is 28.1. The fraction of sp³-hybridized carbons (Fsp3) is 0.312. The summed E-state index contributed by atoms with van der Waals surface area (Å²) < 4.78 is 17.1. The van der Waals surface area contributed by atoms with E-state index in [2.05, 4.69) is 13.8 Å². The van der Waals surface area contributed by atoms with E-state index in [4.69, 9.17) is 14.2 Å². The van der Waals surface area contributed by atoms with Crippen molar-refractivity contribution < 1.29 is 28.9 Å². The zero-order valence-electron chi connectivity index (χ0n) is 22.8. The Morgan fingerprint density at radius 1 is 0.974 bits per heavy atom. The summed E-state index contributed by atoms with van der Waals surface area (Å²) in [6, 6.07) is 21.1. The van der Waals surface area contributed by atoms with E-state index < -0.39 is 17.7 Å². The lowest BCUT2D eigenvalue weighted by molar-refractivity contribution is -0.140. The number of benzene rings is 3. The molecule has 3 aromatic rings. The lowest BCUT2D eigenvalue weighted by Gasteiger charge is -2.25. The molecule has 1 aliphatic heterocycles. The number of likely N-dealkylation sites (tertiary alicyclic amines) is 1. The number of ketones is 1. The molecule has 0 spiro atoms. The fourth-order valence-corrected chi connectivity index (χ4v) is 4.58. The molecule has 1 heterocycles. The molecule has 1 amide bonds. The number of aliphatic hydroxyl groups is 1. The molecular weight excluding hydrogens is 494 g/mol. The van der Waals surface area contributed by atoms with Gasteiger partial charge in [0.1, 0.15) is 23.0 Å². The maximum Gasteiger partial charge on any atom is 0.295 e. The summed E-state index contributed by atoms with van der Waals surface area (Å²) in [5, 5.41) is 11.5. The van der Waals surface area contributed by atoms with Gasteiger partial charge in [-0.25, -0.2) is 0 Å². The molecular formula is C32H35NO6. The normalized spacial score (nSPS) is 16.6. The quantitative estimate of drug-likeness (QED) is 0.136. The van der Waals surface area contributed by atoms with Gasteiger partial charge in [0.25, 0.3) is 11.7 Å². The Hall–Kier alpha value is -4.10. The molecule has 0 aliphatic carbocycles. The molecule has 7 nitrogen and oxygen atoms in total. The summed E-state index contributed by atoms with van der Waals surface area (Å²) in [7, 11) is 1.59. The van der Waals surface area contributed by atoms with Crippen molar-refractivity contribution in [3.8, 4) is 17.2 Å². The van der Waals surface area contributed by atoms with Crippen LogP contribution in [-0.2, 0) is 14.3 Å². The van der Waals surface area contributed by atoms with Crippen molar-refractivity contribution in [1.82, 2.24) is 4.90 Å². The van der Waals surface area contributed by atoms with Crippen LogP contribution in [0.15, 0.2) is 78.4 Å². The number of nitrogens with zero attached hydrogens (tertiary/aromatic N) is 1. The van der Waals surface area contributed by atoms with Crippen LogP contribution in [0.2, 0.25) is 0 Å². The smallest absolute Gasteiger partial charge is 0.295 e. The molecule has 0 saturated carbocycles. The predicted octanol–water partition coefficient (Wildman–Crippen LogP) is 6.28. The molecule has 1 fully saturated rings. The van der Waals surface area contributed by atoms with E-state index >= 15 is 0 Å². The van der Waals surface area contributed by atoms with Gasteiger partial charge >= 0.3 is 0 Å². The maximum atomic E-state index is 13.4. The van der Waals surface area contributed by atoms with Crippen LogP contribution in [0.1, 0.15) is 43.0 Å². The van der Waals surface area contributed by atoms with E-state index in [0.717, 1.165) is 5.56 Å². The van der Waals surface area contributed by atoms with Crippen molar-refractivity contribution in [2.24, 2.45) is 5.92 Å². The number of hydrogen-bond acceptors (Lipinski definition) is 6. The number of amides is 1. The van der Waals surface area contributed by atoms with Gasteiger partial charge in [0.15, 0.2) is 0 Å². The number of methoxy groups -OCH3 is 1. The van der Waals surface area contributed by atoms with Crippen LogP contribution in [0.25, 0.3) is 5.76 Å². The van der Waals surface area contributed by atoms with Crippen LogP contribution in [-0.4, -0.2) is 48.6 Å². The SMILES string of the molecule is COCCCN1C(=O)C(=O)C(=C(O)c2ccc(OCC(C)C)c(C)c2)[C@@H]1c1cccc(Oc2ccccc2)c1. The van der Waals surface area contributed by atoms with Crippen molar-refractivity contribution in [3.05, 3.63) is 95.1 Å². The molecule has 0 radical (unpaired) electrons. The van der Waals surface area contributed by atoms with Crippen molar-refractivity contribution in [3.63, 3.8) is 0 Å². The van der Waals surface area contributed by atoms with Crippen LogP contribution in [0.4, 0.5) is 0 Å². The number of hydrogen-bond donors (Lipinski definition) is 1. The van der Waals surface area contributed by atoms with Crippen molar-refractivity contribution in [2.75, 3.05) is 26.9 Å². The Labute approximate surface area is 229 Å². The number of ether oxygens (including phenoxy) is 3. The van der Waals surface area contributed by atoms with Crippen LogP contribution >= 0.6 is 0 Å². The third kappa shape index (κ3) is 6.49. The van der Waals surface area contributed by atoms with E-state index in [1.165, 1.54) is 4.90 Å². The summed E-state index contributed by atoms with van der Waals surface area (Å²) in [5.41, 5.74) is 1.98. The Kier molecular flexibility index (Phi) is 9.04. The average Bonchev–Trinajstić information content (AvgIpc) is 3.18. The first-order valence-electron chi connectivity index (χ1n) is 13.1. The average molecular weight is 530 g/mol. The molecule has 3 aromatic carbocycles. The second kappa shape index (κ2) is 12.6. The highest BCUT2D eigenvalue weighted by atomic mass is 16.5. The van der Waals surface area contributed by atoms with Gasteiger partial charge < -0.3 is 24.2 Å². The van der Waals surface area contributed by atoms with Crippen molar-refractivity contribution in [2.45, 2.75) is 33.2 Å². The third-order valence-electron chi connectivity index (χ3n) is 6.46. The van der Waals surface area contributed by atoms with Crippen molar-refractivity contribution >= 4 is 17.4 Å². The van der Waals surface area contributed by atoms with E-state index in [0.29, 0.717) is 60.5 Å². The number of aliphatic hydroxyl groups excluding tert-OH is 1. The monoisotopic (exact) mass is 529 g/mol. The molecule has 4 rings (SSSR count). The summed E-state index contributed by atoms with van der Waals surface area (Å²) in [5.74, 6) is 0.710. The number of carbonyl (C=O) groups excluding carboxylic acids is 2. The molecule has 204 valence electrons. The van der Waals surface area contributed by atoms with Crippen LogP contribution < -0.4 is 9.47 Å². The third-order valence-corrected chi connectivity index (χ3v) is 6.46. The molecule has 1 N–H and O–H groups in total. The predicted molar refractivity (Wildman–Crippen MR) is 150 cm³/mol. The largest absolute Gasteiger partial charge is 0.507 e. The standard InChI is InChI=1S/C32H35NO6/c1-21(2)20-38-27-15-14-24(18-22(27)3)30(34)28-29(33(16-9-17-37-4)32(36)31(28)35)23-10-8-13-26(19-23)39-25-11-6-5-7-12-25/h5-8,10-15,18-19,21,29,34H,9,16-17,20H2,1-4H3/t29-/m0/s1. The Bertz CT molecular complexity index is 1350. The van der Waals surface area contributed by atoms with E-state index in [9.17, 15) is 14.7 Å². The number of aryl methyl sites for hydroxylation is 1. The lowest BCUT2D eigenvalue weighted by atomic mass is 9.94. The Balaban J connectivity index is 1.75. The van der Waals surface area contributed by atoms with Crippen molar-refractivity contribution in [1.29, 1.82) is 0 Å². The van der Waals surface area contributed by atoms with Gasteiger partial charge in [-0.15, -0.1) is 0 Å². The van der Waals surface area contributed by atoms with Gasteiger partial charge in [-0.3, -0.25) is 9.59 Å².